The van der Waals surface area contributed by atoms with Crippen molar-refractivity contribution in [2.45, 2.75) is 219 Å². The van der Waals surface area contributed by atoms with Crippen molar-refractivity contribution in [3.8, 4) is 0 Å². The quantitative estimate of drug-likeness (QED) is 0.0261. The van der Waals surface area contributed by atoms with Gasteiger partial charge < -0.3 is 14.2 Å². The second-order valence-electron chi connectivity index (χ2n) is 19.8. The Bertz CT molecular complexity index is 2130. The molecule has 0 bridgehead atoms. The number of rotatable bonds is 54. The van der Waals surface area contributed by atoms with Gasteiger partial charge in [-0.25, -0.2) is 0 Å². The normalized spacial score (nSPS) is 13.7. The zero-order valence-corrected chi connectivity index (χ0v) is 52.1. The van der Waals surface area contributed by atoms with Crippen molar-refractivity contribution >= 4 is 17.9 Å². The molecule has 0 N–H and O–H groups in total. The topological polar surface area (TPSA) is 78.9 Å². The Morgan fingerprint density at radius 1 is 0.241 bits per heavy atom. The summed E-state index contributed by atoms with van der Waals surface area (Å²) in [7, 11) is 0. The summed E-state index contributed by atoms with van der Waals surface area (Å²) in [4.78, 5) is 38.2. The second-order valence-corrected chi connectivity index (χ2v) is 19.8. The second kappa shape index (κ2) is 68.0. The summed E-state index contributed by atoms with van der Waals surface area (Å²) < 4.78 is 16.8. The maximum atomic E-state index is 12.9. The summed E-state index contributed by atoms with van der Waals surface area (Å²) in [5.41, 5.74) is 0. The summed E-state index contributed by atoms with van der Waals surface area (Å²) in [5.74, 6) is -1.11. The maximum absolute atomic E-state index is 12.9. The third-order valence-corrected chi connectivity index (χ3v) is 12.1. The number of esters is 3. The average Bonchev–Trinajstić information content (AvgIpc) is 3.49. The fourth-order valence-corrected chi connectivity index (χ4v) is 7.49. The molecule has 1 atom stereocenters. The minimum atomic E-state index is -0.860. The van der Waals surface area contributed by atoms with Crippen LogP contribution in [0.25, 0.3) is 0 Å². The molecular formula is C77H112O6. The van der Waals surface area contributed by atoms with Crippen LogP contribution >= 0.6 is 0 Å². The summed E-state index contributed by atoms with van der Waals surface area (Å²) in [5, 5.41) is 0. The largest absolute Gasteiger partial charge is 0.462 e. The molecule has 456 valence electrons. The molecule has 0 saturated heterocycles. The first-order chi connectivity index (χ1) is 41.0. The molecule has 0 heterocycles. The molecule has 0 aliphatic rings. The Kier molecular flexibility index (Phi) is 62.6. The summed E-state index contributed by atoms with van der Waals surface area (Å²) in [6.07, 6.45) is 108. The lowest BCUT2D eigenvalue weighted by Gasteiger charge is -2.18. The monoisotopic (exact) mass is 1130 g/mol. The average molecular weight is 1130 g/mol. The van der Waals surface area contributed by atoms with Crippen LogP contribution in [0.3, 0.4) is 0 Å². The van der Waals surface area contributed by atoms with Gasteiger partial charge in [-0.15, -0.1) is 0 Å². The van der Waals surface area contributed by atoms with Gasteiger partial charge in [-0.2, -0.15) is 0 Å². The van der Waals surface area contributed by atoms with Crippen molar-refractivity contribution in [3.05, 3.63) is 231 Å². The Balaban J connectivity index is 4.55. The molecule has 1 unspecified atom stereocenters. The van der Waals surface area contributed by atoms with Gasteiger partial charge in [-0.05, 0) is 173 Å². The maximum Gasteiger partial charge on any atom is 0.306 e. The van der Waals surface area contributed by atoms with E-state index in [9.17, 15) is 14.4 Å². The molecule has 6 nitrogen and oxygen atoms in total. The zero-order valence-electron chi connectivity index (χ0n) is 52.1. The Morgan fingerprint density at radius 2 is 0.434 bits per heavy atom. The van der Waals surface area contributed by atoms with Crippen LogP contribution in [0, 0.1) is 0 Å². The van der Waals surface area contributed by atoms with Crippen molar-refractivity contribution < 1.29 is 28.6 Å². The van der Waals surface area contributed by atoms with Crippen LogP contribution in [0.4, 0.5) is 0 Å². The van der Waals surface area contributed by atoms with Gasteiger partial charge >= 0.3 is 17.9 Å². The summed E-state index contributed by atoms with van der Waals surface area (Å²) in [6, 6.07) is 0. The molecule has 0 aromatic carbocycles. The highest BCUT2D eigenvalue weighted by Crippen LogP contribution is 2.10. The molecule has 0 aromatic rings. The van der Waals surface area contributed by atoms with Crippen LogP contribution in [0.2, 0.25) is 0 Å². The van der Waals surface area contributed by atoms with E-state index >= 15 is 0 Å². The zero-order chi connectivity index (χ0) is 59.9. The lowest BCUT2D eigenvalue weighted by atomic mass is 10.2. The number of carbonyl (C=O) groups is 3. The van der Waals surface area contributed by atoms with Gasteiger partial charge in [-0.3, -0.25) is 14.4 Å². The highest BCUT2D eigenvalue weighted by molar-refractivity contribution is 5.71. The fourth-order valence-electron chi connectivity index (χ4n) is 7.49. The molecule has 0 amide bonds. The highest BCUT2D eigenvalue weighted by Gasteiger charge is 2.19. The van der Waals surface area contributed by atoms with Gasteiger partial charge in [0.1, 0.15) is 13.2 Å². The lowest BCUT2D eigenvalue weighted by molar-refractivity contribution is -0.167. The molecule has 0 spiro atoms. The molecule has 0 aliphatic heterocycles. The van der Waals surface area contributed by atoms with E-state index in [2.05, 4.69) is 252 Å². The summed E-state index contributed by atoms with van der Waals surface area (Å²) in [6.45, 7) is 6.14. The van der Waals surface area contributed by atoms with Gasteiger partial charge in [0.2, 0.25) is 0 Å². The first kappa shape index (κ1) is 76.5. The van der Waals surface area contributed by atoms with Gasteiger partial charge in [0, 0.05) is 19.3 Å². The van der Waals surface area contributed by atoms with Crippen molar-refractivity contribution in [1.29, 1.82) is 0 Å². The number of hydrogen-bond donors (Lipinski definition) is 0. The predicted octanol–water partition coefficient (Wildman–Crippen LogP) is 22.3. The third kappa shape index (κ3) is 66.2. The highest BCUT2D eigenvalue weighted by atomic mass is 16.6. The standard InChI is InChI=1S/C77H112O6/c1-4-7-10-13-16-19-22-25-28-30-31-32-33-34-35-36-37-38-39-40-41-42-43-44-45-47-49-52-55-58-61-64-67-70-76(79)82-73-74(72-81-75(78)69-66-63-60-57-54-51-48-27-24-21-18-15-12-9-6-3)83-77(80)71-68-65-62-59-56-53-50-46-29-26-23-20-17-14-11-8-5-2/h7-12,16-21,25-29,31-32,34-35,37-38,40-41,43-44,47-50,53-55,57-59,62,74H,4-6,13-15,22-24,30,33,36,39,42,45-46,51-52,56,60-61,63-73H2,1-3H3/b10-7-,11-8-,12-9-,19-16-,20-17-,21-18-,28-25-,29-26-,32-31-,35-34-,38-37-,41-40-,44-43-,48-27-,49-47-,53-50-,57-54-,58-55-,62-59-. The molecule has 0 radical (unpaired) electrons. The van der Waals surface area contributed by atoms with Crippen molar-refractivity contribution in [2.24, 2.45) is 0 Å². The molecule has 83 heavy (non-hydrogen) atoms. The molecule has 0 aliphatic carbocycles. The first-order valence-electron chi connectivity index (χ1n) is 31.9. The smallest absolute Gasteiger partial charge is 0.306 e. The fraction of sp³-hybridized carbons (Fsp3) is 0.468. The minimum absolute atomic E-state index is 0.150. The van der Waals surface area contributed by atoms with Crippen molar-refractivity contribution in [3.63, 3.8) is 0 Å². The van der Waals surface area contributed by atoms with Crippen molar-refractivity contribution in [1.82, 2.24) is 0 Å². The van der Waals surface area contributed by atoms with Gasteiger partial charge in [0.25, 0.3) is 0 Å². The van der Waals surface area contributed by atoms with Crippen LogP contribution in [0.1, 0.15) is 213 Å². The number of hydrogen-bond acceptors (Lipinski definition) is 6. The van der Waals surface area contributed by atoms with Crippen LogP contribution in [0.5, 0.6) is 0 Å². The van der Waals surface area contributed by atoms with E-state index in [1.807, 2.05) is 0 Å². The SMILES string of the molecule is CC/C=C\C/C=C\C/C=C\C/C=C\C/C=C\C/C=C\C/C=C\C/C=C\C/C=C\C/C=C\CCCCC(=O)OCC(COC(=O)CCCC/C=C\C/C=C\C/C=C\C/C=C\CC)OC(=O)CCC/C=C\C/C=C\C/C=C\C/C=C\C/C=C\CC. The van der Waals surface area contributed by atoms with E-state index in [4.69, 9.17) is 14.2 Å². The van der Waals surface area contributed by atoms with E-state index in [0.717, 1.165) is 154 Å². The number of allylic oxidation sites excluding steroid dienone is 38. The Hall–Kier alpha value is -6.53. The van der Waals surface area contributed by atoms with Crippen LogP contribution < -0.4 is 0 Å². The molecule has 0 rings (SSSR count). The lowest BCUT2D eigenvalue weighted by Crippen LogP contribution is -2.30. The molecular weight excluding hydrogens is 1020 g/mol. The number of carbonyl (C=O) groups excluding carboxylic acids is 3. The minimum Gasteiger partial charge on any atom is -0.462 e. The molecule has 0 aromatic heterocycles. The Morgan fingerprint density at radius 3 is 0.663 bits per heavy atom. The molecule has 6 heteroatoms. The van der Waals surface area contributed by atoms with Gasteiger partial charge in [-0.1, -0.05) is 252 Å². The predicted molar refractivity (Wildman–Crippen MR) is 361 cm³/mol. The summed E-state index contributed by atoms with van der Waals surface area (Å²) >= 11 is 0. The van der Waals surface area contributed by atoms with E-state index < -0.39 is 12.1 Å². The first-order valence-corrected chi connectivity index (χ1v) is 31.9. The third-order valence-electron chi connectivity index (χ3n) is 12.1. The van der Waals surface area contributed by atoms with Crippen LogP contribution in [0.15, 0.2) is 231 Å². The van der Waals surface area contributed by atoms with Crippen molar-refractivity contribution in [2.75, 3.05) is 13.2 Å². The van der Waals surface area contributed by atoms with E-state index in [1.165, 1.54) is 0 Å². The van der Waals surface area contributed by atoms with E-state index in [1.54, 1.807) is 0 Å². The van der Waals surface area contributed by atoms with E-state index in [0.29, 0.717) is 19.3 Å². The van der Waals surface area contributed by atoms with Gasteiger partial charge in [0.05, 0.1) is 0 Å². The number of ether oxygens (including phenoxy) is 3. The number of unbranched alkanes of at least 4 members (excludes halogenated alkanes) is 5. The van der Waals surface area contributed by atoms with E-state index in [-0.39, 0.29) is 44.4 Å². The molecule has 0 fully saturated rings. The van der Waals surface area contributed by atoms with Crippen LogP contribution in [-0.4, -0.2) is 37.2 Å². The Labute approximate surface area is 507 Å². The van der Waals surface area contributed by atoms with Gasteiger partial charge in [0.15, 0.2) is 6.10 Å². The molecule has 0 saturated carbocycles. The van der Waals surface area contributed by atoms with Crippen LogP contribution in [-0.2, 0) is 28.6 Å².